The van der Waals surface area contributed by atoms with Gasteiger partial charge in [0.2, 0.25) is 0 Å². The Morgan fingerprint density at radius 3 is 2.48 bits per heavy atom. The van der Waals surface area contributed by atoms with Gasteiger partial charge in [-0.25, -0.2) is 0 Å². The smallest absolute Gasteiger partial charge is 0.255 e. The van der Waals surface area contributed by atoms with Crippen LogP contribution < -0.4 is 10.1 Å². The molecule has 1 amide bonds. The molecule has 0 aliphatic rings. The summed E-state index contributed by atoms with van der Waals surface area (Å²) in [5.41, 5.74) is 2.59. The number of benzene rings is 2. The Hall–Kier alpha value is -1.52. The molecule has 2 aromatic carbocycles. The highest BCUT2D eigenvalue weighted by Crippen LogP contribution is 2.23. The van der Waals surface area contributed by atoms with Crippen LogP contribution in [0, 0.1) is 0 Å². The summed E-state index contributed by atoms with van der Waals surface area (Å²) in [7, 11) is 1.55. The SMILES string of the molecule is COc1cc(Br)ccc1C(=O)NCc1ccc(CCl)cc1. The van der Waals surface area contributed by atoms with Crippen molar-refractivity contribution in [3.8, 4) is 5.75 Å². The molecule has 5 heteroatoms. The quantitative estimate of drug-likeness (QED) is 0.806. The minimum Gasteiger partial charge on any atom is -0.496 e. The van der Waals surface area contributed by atoms with Crippen molar-refractivity contribution in [2.45, 2.75) is 12.4 Å². The monoisotopic (exact) mass is 367 g/mol. The lowest BCUT2D eigenvalue weighted by Crippen LogP contribution is -2.23. The topological polar surface area (TPSA) is 38.3 Å². The van der Waals surface area contributed by atoms with Crippen molar-refractivity contribution in [2.75, 3.05) is 7.11 Å². The zero-order valence-electron chi connectivity index (χ0n) is 11.5. The van der Waals surface area contributed by atoms with Gasteiger partial charge < -0.3 is 10.1 Å². The van der Waals surface area contributed by atoms with Crippen LogP contribution in [-0.4, -0.2) is 13.0 Å². The van der Waals surface area contributed by atoms with E-state index in [9.17, 15) is 4.79 Å². The molecule has 21 heavy (non-hydrogen) atoms. The fraction of sp³-hybridized carbons (Fsp3) is 0.188. The predicted octanol–water partition coefficient (Wildman–Crippen LogP) is 4.13. The Morgan fingerprint density at radius 1 is 1.19 bits per heavy atom. The third-order valence-electron chi connectivity index (χ3n) is 3.04. The Labute approximate surface area is 137 Å². The summed E-state index contributed by atoms with van der Waals surface area (Å²) >= 11 is 9.10. The first-order valence-corrected chi connectivity index (χ1v) is 7.72. The number of hydrogen-bond donors (Lipinski definition) is 1. The zero-order chi connectivity index (χ0) is 15.2. The van der Waals surface area contributed by atoms with Gasteiger partial charge in [-0.15, -0.1) is 11.6 Å². The Balaban J connectivity index is 2.04. The highest BCUT2D eigenvalue weighted by molar-refractivity contribution is 9.10. The van der Waals surface area contributed by atoms with Crippen LogP contribution in [0.1, 0.15) is 21.5 Å². The Kier molecular flexibility index (Phi) is 5.65. The van der Waals surface area contributed by atoms with E-state index in [2.05, 4.69) is 21.2 Å². The van der Waals surface area contributed by atoms with E-state index in [0.717, 1.165) is 15.6 Å². The molecule has 0 saturated carbocycles. The number of hydrogen-bond acceptors (Lipinski definition) is 2. The van der Waals surface area contributed by atoms with E-state index in [1.807, 2.05) is 30.3 Å². The van der Waals surface area contributed by atoms with Gasteiger partial charge in [0.1, 0.15) is 5.75 Å². The van der Waals surface area contributed by atoms with Crippen LogP contribution in [0.5, 0.6) is 5.75 Å². The maximum atomic E-state index is 12.2. The van der Waals surface area contributed by atoms with Crippen LogP contribution in [0.3, 0.4) is 0 Å². The second kappa shape index (κ2) is 7.48. The zero-order valence-corrected chi connectivity index (χ0v) is 13.9. The van der Waals surface area contributed by atoms with Crippen LogP contribution in [0.4, 0.5) is 0 Å². The number of methoxy groups -OCH3 is 1. The first-order chi connectivity index (χ1) is 10.1. The molecule has 2 aromatic rings. The highest BCUT2D eigenvalue weighted by Gasteiger charge is 2.12. The van der Waals surface area contributed by atoms with Crippen molar-refractivity contribution in [3.05, 3.63) is 63.6 Å². The van der Waals surface area contributed by atoms with Crippen molar-refractivity contribution in [2.24, 2.45) is 0 Å². The minimum atomic E-state index is -0.166. The molecular weight excluding hydrogens is 354 g/mol. The summed E-state index contributed by atoms with van der Waals surface area (Å²) < 4.78 is 6.09. The molecule has 1 N–H and O–H groups in total. The summed E-state index contributed by atoms with van der Waals surface area (Å²) in [6, 6.07) is 13.1. The van der Waals surface area contributed by atoms with Gasteiger partial charge in [0.15, 0.2) is 0 Å². The number of halogens is 2. The molecule has 0 fully saturated rings. The molecule has 0 heterocycles. The fourth-order valence-electron chi connectivity index (χ4n) is 1.88. The van der Waals surface area contributed by atoms with Crippen LogP contribution in [0.25, 0.3) is 0 Å². The number of nitrogens with one attached hydrogen (secondary N) is 1. The predicted molar refractivity (Wildman–Crippen MR) is 87.9 cm³/mol. The van der Waals surface area contributed by atoms with Crippen molar-refractivity contribution in [1.82, 2.24) is 5.32 Å². The van der Waals surface area contributed by atoms with Gasteiger partial charge in [-0.3, -0.25) is 4.79 Å². The molecular formula is C16H15BrClNO2. The van der Waals surface area contributed by atoms with Crippen LogP contribution in [0.2, 0.25) is 0 Å². The standard InChI is InChI=1S/C16H15BrClNO2/c1-21-15-8-13(17)6-7-14(15)16(20)19-10-12-4-2-11(9-18)3-5-12/h2-8H,9-10H2,1H3,(H,19,20). The van der Waals surface area contributed by atoms with E-state index in [0.29, 0.717) is 23.7 Å². The van der Waals surface area contributed by atoms with Crippen LogP contribution >= 0.6 is 27.5 Å². The van der Waals surface area contributed by atoms with Gasteiger partial charge in [-0.2, -0.15) is 0 Å². The lowest BCUT2D eigenvalue weighted by molar-refractivity contribution is 0.0948. The third-order valence-corrected chi connectivity index (χ3v) is 3.84. The van der Waals surface area contributed by atoms with Crippen molar-refractivity contribution in [1.29, 1.82) is 0 Å². The molecule has 0 aliphatic carbocycles. The molecule has 0 spiro atoms. The number of carbonyl (C=O) groups is 1. The largest absolute Gasteiger partial charge is 0.496 e. The molecule has 0 saturated heterocycles. The van der Waals surface area contributed by atoms with Gasteiger partial charge in [0.25, 0.3) is 5.91 Å². The van der Waals surface area contributed by atoms with E-state index in [1.54, 1.807) is 19.2 Å². The second-order valence-electron chi connectivity index (χ2n) is 4.48. The van der Waals surface area contributed by atoms with Gasteiger partial charge in [0, 0.05) is 16.9 Å². The van der Waals surface area contributed by atoms with Crippen LogP contribution in [-0.2, 0) is 12.4 Å². The van der Waals surface area contributed by atoms with Crippen molar-refractivity contribution >= 4 is 33.4 Å². The summed E-state index contributed by atoms with van der Waals surface area (Å²) in [4.78, 5) is 12.2. The summed E-state index contributed by atoms with van der Waals surface area (Å²) in [5.74, 6) is 0.864. The van der Waals surface area contributed by atoms with Gasteiger partial charge in [0.05, 0.1) is 12.7 Å². The summed E-state index contributed by atoms with van der Waals surface area (Å²) in [6.45, 7) is 0.459. The first-order valence-electron chi connectivity index (χ1n) is 6.39. The molecule has 0 radical (unpaired) electrons. The average Bonchev–Trinajstić information content (AvgIpc) is 2.52. The Morgan fingerprint density at radius 2 is 1.86 bits per heavy atom. The molecule has 0 atom stereocenters. The van der Waals surface area contributed by atoms with Crippen LogP contribution in [0.15, 0.2) is 46.9 Å². The van der Waals surface area contributed by atoms with Gasteiger partial charge >= 0.3 is 0 Å². The maximum absolute atomic E-state index is 12.2. The molecule has 0 bridgehead atoms. The summed E-state index contributed by atoms with van der Waals surface area (Å²) in [6.07, 6.45) is 0. The van der Waals surface area contributed by atoms with Gasteiger partial charge in [-0.1, -0.05) is 40.2 Å². The molecule has 110 valence electrons. The van der Waals surface area contributed by atoms with E-state index >= 15 is 0 Å². The average molecular weight is 369 g/mol. The number of ether oxygens (including phenoxy) is 1. The Bertz CT molecular complexity index is 629. The van der Waals surface area contributed by atoms with E-state index in [4.69, 9.17) is 16.3 Å². The second-order valence-corrected chi connectivity index (χ2v) is 5.66. The van der Waals surface area contributed by atoms with E-state index < -0.39 is 0 Å². The third kappa shape index (κ3) is 4.22. The maximum Gasteiger partial charge on any atom is 0.255 e. The number of rotatable bonds is 5. The molecule has 0 aliphatic heterocycles. The molecule has 0 unspecified atom stereocenters. The lowest BCUT2D eigenvalue weighted by atomic mass is 10.1. The minimum absolute atomic E-state index is 0.166. The van der Waals surface area contributed by atoms with Crippen molar-refractivity contribution in [3.63, 3.8) is 0 Å². The number of carbonyl (C=O) groups excluding carboxylic acids is 1. The first kappa shape index (κ1) is 15.9. The van der Waals surface area contributed by atoms with E-state index in [1.165, 1.54) is 0 Å². The lowest BCUT2D eigenvalue weighted by Gasteiger charge is -2.10. The number of alkyl halides is 1. The number of amides is 1. The normalized spacial score (nSPS) is 10.2. The van der Waals surface area contributed by atoms with E-state index in [-0.39, 0.29) is 5.91 Å². The van der Waals surface area contributed by atoms with Gasteiger partial charge in [-0.05, 0) is 29.3 Å². The van der Waals surface area contributed by atoms with Crippen molar-refractivity contribution < 1.29 is 9.53 Å². The molecule has 2 rings (SSSR count). The molecule has 3 nitrogen and oxygen atoms in total. The summed E-state index contributed by atoms with van der Waals surface area (Å²) in [5, 5.41) is 2.88. The highest BCUT2D eigenvalue weighted by atomic mass is 79.9. The fourth-order valence-corrected chi connectivity index (χ4v) is 2.39. The molecule has 0 aromatic heterocycles.